The van der Waals surface area contributed by atoms with E-state index >= 15 is 0 Å². The summed E-state index contributed by atoms with van der Waals surface area (Å²) >= 11 is 0. The number of H-pyrrole nitrogens is 1. The summed E-state index contributed by atoms with van der Waals surface area (Å²) in [5.74, 6) is 0. The van der Waals surface area contributed by atoms with Gasteiger partial charge in [-0.3, -0.25) is 0 Å². The number of piperidine rings is 1. The van der Waals surface area contributed by atoms with Gasteiger partial charge in [0.2, 0.25) is 0 Å². The van der Waals surface area contributed by atoms with Crippen LogP contribution in [0.2, 0.25) is 0 Å². The fourth-order valence-corrected chi connectivity index (χ4v) is 3.19. The number of alkyl halides is 1. The predicted octanol–water partition coefficient (Wildman–Crippen LogP) is 1.91. The molecule has 1 N–H and O–H groups in total. The molecule has 0 aliphatic carbocycles. The van der Waals surface area contributed by atoms with Gasteiger partial charge in [-0.25, -0.2) is 14.1 Å². The first-order valence-electron chi connectivity index (χ1n) is 7.31. The number of aromatic nitrogens is 5. The highest BCUT2D eigenvalue weighted by atomic mass is 19.1. The van der Waals surface area contributed by atoms with Crippen molar-refractivity contribution in [2.45, 2.75) is 25.6 Å². The van der Waals surface area contributed by atoms with E-state index in [0.29, 0.717) is 12.1 Å². The van der Waals surface area contributed by atoms with Gasteiger partial charge in [-0.15, -0.1) is 5.10 Å². The number of hydrogen-bond acceptors (Lipinski definition) is 4. The Kier molecular flexibility index (Phi) is 2.88. The lowest BCUT2D eigenvalue weighted by atomic mass is 10.0. The molecule has 0 amide bonds. The van der Waals surface area contributed by atoms with Crippen LogP contribution in [0.1, 0.15) is 19.4 Å². The Balaban J connectivity index is 1.81. The van der Waals surface area contributed by atoms with Crippen LogP contribution in [0.3, 0.4) is 0 Å². The summed E-state index contributed by atoms with van der Waals surface area (Å²) in [6.45, 7) is 4.30. The number of pyridine rings is 1. The molecule has 0 radical (unpaired) electrons. The van der Waals surface area contributed by atoms with Crippen molar-refractivity contribution in [2.24, 2.45) is 0 Å². The molecule has 0 spiro atoms. The van der Waals surface area contributed by atoms with Crippen LogP contribution >= 0.6 is 0 Å². The van der Waals surface area contributed by atoms with Crippen LogP contribution in [0, 0.1) is 0 Å². The lowest BCUT2D eigenvalue weighted by molar-refractivity contribution is 0.0887. The molecule has 0 saturated carbocycles. The van der Waals surface area contributed by atoms with Gasteiger partial charge < -0.3 is 9.88 Å². The van der Waals surface area contributed by atoms with Crippen molar-refractivity contribution in [3.8, 4) is 0 Å². The van der Waals surface area contributed by atoms with Gasteiger partial charge in [-0.2, -0.15) is 0 Å². The molecule has 6 nitrogen and oxygen atoms in total. The molecule has 7 heteroatoms. The van der Waals surface area contributed by atoms with Crippen LogP contribution in [0.5, 0.6) is 0 Å². The van der Waals surface area contributed by atoms with E-state index in [-0.39, 0.29) is 6.04 Å². The van der Waals surface area contributed by atoms with Gasteiger partial charge in [0, 0.05) is 24.7 Å². The quantitative estimate of drug-likeness (QED) is 0.782. The second kappa shape index (κ2) is 4.77. The highest BCUT2D eigenvalue weighted by molar-refractivity contribution is 6.00. The Hall–Kier alpha value is -2.02. The molecule has 4 rings (SSSR count). The van der Waals surface area contributed by atoms with E-state index in [2.05, 4.69) is 32.1 Å². The van der Waals surface area contributed by atoms with Crippen molar-refractivity contribution < 1.29 is 4.39 Å². The van der Waals surface area contributed by atoms with Gasteiger partial charge in [0.1, 0.15) is 22.9 Å². The van der Waals surface area contributed by atoms with Gasteiger partial charge in [0.15, 0.2) is 0 Å². The zero-order valence-electron chi connectivity index (χ0n) is 11.8. The van der Waals surface area contributed by atoms with Gasteiger partial charge >= 0.3 is 0 Å². The second-order valence-electron chi connectivity index (χ2n) is 5.53. The van der Waals surface area contributed by atoms with Gasteiger partial charge in [-0.1, -0.05) is 12.1 Å². The summed E-state index contributed by atoms with van der Waals surface area (Å²) in [7, 11) is 0. The molecule has 0 aromatic carbocycles. The number of aromatic amines is 1. The third-order valence-corrected chi connectivity index (χ3v) is 4.37. The summed E-state index contributed by atoms with van der Waals surface area (Å²) in [6.07, 6.45) is 3.35. The average Bonchev–Trinajstić information content (AvgIpc) is 3.12. The lowest BCUT2D eigenvalue weighted by Gasteiger charge is -2.33. The molecule has 3 aromatic heterocycles. The smallest absolute Gasteiger partial charge is 0.139 e. The second-order valence-corrected chi connectivity index (χ2v) is 5.53. The van der Waals surface area contributed by atoms with E-state index in [1.807, 2.05) is 12.3 Å². The van der Waals surface area contributed by atoms with Crippen molar-refractivity contribution in [3.05, 3.63) is 18.5 Å². The molecule has 110 valence electrons. The highest BCUT2D eigenvalue weighted by Gasteiger charge is 2.32. The average molecular weight is 288 g/mol. The lowest BCUT2D eigenvalue weighted by Crippen LogP contribution is -2.42. The highest BCUT2D eigenvalue weighted by Crippen LogP contribution is 2.30. The van der Waals surface area contributed by atoms with E-state index in [0.717, 1.165) is 36.1 Å². The maximum atomic E-state index is 14.5. The Morgan fingerprint density at radius 3 is 3.19 bits per heavy atom. The molecule has 0 bridgehead atoms. The zero-order chi connectivity index (χ0) is 14.4. The van der Waals surface area contributed by atoms with E-state index in [4.69, 9.17) is 0 Å². The van der Waals surface area contributed by atoms with Gasteiger partial charge in [0.25, 0.3) is 0 Å². The van der Waals surface area contributed by atoms with Gasteiger partial charge in [0.05, 0.1) is 12.2 Å². The first kappa shape index (κ1) is 12.7. The minimum atomic E-state index is -0.925. The predicted molar refractivity (Wildman–Crippen MR) is 77.8 cm³/mol. The van der Waals surface area contributed by atoms with Crippen LogP contribution in [0.4, 0.5) is 4.39 Å². The van der Waals surface area contributed by atoms with Crippen molar-refractivity contribution >= 4 is 22.1 Å². The molecule has 4 heterocycles. The SMILES string of the molecule is CCN1CC[C@@H](n2nnc3cnc4[nH]ccc4c32)[C@@H](F)C1. The maximum absolute atomic E-state index is 14.5. The third kappa shape index (κ3) is 1.91. The normalized spacial score (nSPS) is 24.1. The number of rotatable bonds is 2. The molecule has 1 saturated heterocycles. The third-order valence-electron chi connectivity index (χ3n) is 4.37. The van der Waals surface area contributed by atoms with Crippen molar-refractivity contribution in [3.63, 3.8) is 0 Å². The van der Waals surface area contributed by atoms with Crippen LogP contribution in [0.25, 0.3) is 22.1 Å². The Morgan fingerprint density at radius 1 is 1.48 bits per heavy atom. The van der Waals surface area contributed by atoms with E-state index in [1.54, 1.807) is 10.9 Å². The Bertz CT molecular complexity index is 778. The number of nitrogens with zero attached hydrogens (tertiary/aromatic N) is 5. The van der Waals surface area contributed by atoms with Crippen molar-refractivity contribution in [1.82, 2.24) is 29.9 Å². The molecule has 21 heavy (non-hydrogen) atoms. The maximum Gasteiger partial charge on any atom is 0.139 e. The number of halogens is 1. The summed E-state index contributed by atoms with van der Waals surface area (Å²) in [6, 6.07) is 1.69. The number of nitrogens with one attached hydrogen (secondary N) is 1. The molecule has 3 aromatic rings. The Labute approximate surface area is 120 Å². The Morgan fingerprint density at radius 2 is 2.38 bits per heavy atom. The topological polar surface area (TPSA) is 62.6 Å². The largest absolute Gasteiger partial charge is 0.346 e. The number of hydrogen-bond donors (Lipinski definition) is 1. The van der Waals surface area contributed by atoms with E-state index < -0.39 is 6.17 Å². The molecular weight excluding hydrogens is 271 g/mol. The van der Waals surface area contributed by atoms with E-state index in [1.165, 1.54) is 0 Å². The van der Waals surface area contributed by atoms with Crippen molar-refractivity contribution in [2.75, 3.05) is 19.6 Å². The summed E-state index contributed by atoms with van der Waals surface area (Å²) < 4.78 is 16.3. The molecule has 2 atom stereocenters. The summed E-state index contributed by atoms with van der Waals surface area (Å²) in [4.78, 5) is 9.51. The molecule has 1 aliphatic rings. The van der Waals surface area contributed by atoms with Crippen LogP contribution in [-0.2, 0) is 0 Å². The first-order valence-corrected chi connectivity index (χ1v) is 7.31. The van der Waals surface area contributed by atoms with E-state index in [9.17, 15) is 4.39 Å². The summed E-state index contributed by atoms with van der Waals surface area (Å²) in [5, 5.41) is 9.30. The van der Waals surface area contributed by atoms with Crippen LogP contribution in [0.15, 0.2) is 18.5 Å². The number of fused-ring (bicyclic) bond motifs is 3. The molecule has 0 unspecified atom stereocenters. The number of likely N-dealkylation sites (tertiary alicyclic amines) is 1. The van der Waals surface area contributed by atoms with Crippen molar-refractivity contribution in [1.29, 1.82) is 0 Å². The molecular formula is C14H17FN6. The molecule has 1 aliphatic heterocycles. The van der Waals surface area contributed by atoms with Gasteiger partial charge in [-0.05, 0) is 19.0 Å². The minimum Gasteiger partial charge on any atom is -0.346 e. The first-order chi connectivity index (χ1) is 10.3. The monoisotopic (exact) mass is 288 g/mol. The fraction of sp³-hybridized carbons (Fsp3) is 0.500. The summed E-state index contributed by atoms with van der Waals surface area (Å²) in [5.41, 5.74) is 2.37. The zero-order valence-corrected chi connectivity index (χ0v) is 11.8. The minimum absolute atomic E-state index is 0.252. The fourth-order valence-electron chi connectivity index (χ4n) is 3.19. The standard InChI is InChI=1S/C14H17FN6/c1-2-20-6-4-12(10(15)8-20)21-13-9-3-5-16-14(9)17-7-11(13)18-19-21/h3,5,7,10,12H,2,4,6,8H2,1H3,(H,16,17)/t10-,12+/m0/s1. The van der Waals surface area contributed by atoms with Crippen LogP contribution in [-0.4, -0.2) is 55.7 Å². The van der Waals surface area contributed by atoms with Crippen LogP contribution < -0.4 is 0 Å². The molecule has 1 fully saturated rings.